The number of halogens is 1. The highest BCUT2D eigenvalue weighted by Gasteiger charge is 2.17. The van der Waals surface area contributed by atoms with E-state index in [9.17, 15) is 0 Å². The molecule has 0 N–H and O–H groups in total. The topological polar surface area (TPSA) is 17.8 Å². The first kappa shape index (κ1) is 14.6. The Kier molecular flexibility index (Phi) is 4.97. The van der Waals surface area contributed by atoms with Crippen molar-refractivity contribution in [3.05, 3.63) is 48.3 Å². The number of hydrogen-bond acceptors (Lipinski definition) is 1. The second kappa shape index (κ2) is 7.13. The van der Waals surface area contributed by atoms with Gasteiger partial charge in [-0.25, -0.2) is 4.68 Å². The van der Waals surface area contributed by atoms with E-state index in [4.69, 9.17) is 11.6 Å². The Morgan fingerprint density at radius 3 is 2.67 bits per heavy atom. The Labute approximate surface area is 132 Å². The molecule has 2 nitrogen and oxygen atoms in total. The van der Waals surface area contributed by atoms with Gasteiger partial charge < -0.3 is 0 Å². The molecule has 0 bridgehead atoms. The number of para-hydroxylation sites is 1. The molecule has 1 fully saturated rings. The first-order valence-electron chi connectivity index (χ1n) is 8.07. The summed E-state index contributed by atoms with van der Waals surface area (Å²) in [6, 6.07) is 10.2. The van der Waals surface area contributed by atoms with Crippen molar-refractivity contribution in [2.45, 2.75) is 50.3 Å². The zero-order valence-corrected chi connectivity index (χ0v) is 13.2. The molecule has 1 aliphatic carbocycles. The highest BCUT2D eigenvalue weighted by molar-refractivity contribution is 6.20. The molecular formula is C18H23ClN2. The average Bonchev–Trinajstić information content (AvgIpc) is 3.04. The summed E-state index contributed by atoms with van der Waals surface area (Å²) >= 11 is 6.57. The van der Waals surface area contributed by atoms with Gasteiger partial charge in [0.1, 0.15) is 0 Å². The Hall–Kier alpha value is -1.28. The highest BCUT2D eigenvalue weighted by Crippen LogP contribution is 2.33. The van der Waals surface area contributed by atoms with Crippen molar-refractivity contribution in [1.29, 1.82) is 0 Å². The number of alkyl halides is 1. The number of nitrogens with zero attached hydrogens (tertiary/aromatic N) is 2. The molecule has 1 heterocycles. The van der Waals surface area contributed by atoms with Gasteiger partial charge in [-0.1, -0.05) is 50.3 Å². The van der Waals surface area contributed by atoms with Crippen LogP contribution >= 0.6 is 11.6 Å². The van der Waals surface area contributed by atoms with Crippen LogP contribution in [0.25, 0.3) is 5.69 Å². The maximum atomic E-state index is 6.57. The molecule has 0 spiro atoms. The summed E-state index contributed by atoms with van der Waals surface area (Å²) in [5.74, 6) is 0.893. The summed E-state index contributed by atoms with van der Waals surface area (Å²) in [6.07, 6.45) is 13.3. The van der Waals surface area contributed by atoms with Crippen LogP contribution in [0.15, 0.2) is 42.7 Å². The van der Waals surface area contributed by atoms with Gasteiger partial charge in [-0.05, 0) is 30.9 Å². The van der Waals surface area contributed by atoms with Crippen LogP contribution in [0.2, 0.25) is 0 Å². The van der Waals surface area contributed by atoms with E-state index in [1.165, 1.54) is 38.5 Å². The van der Waals surface area contributed by atoms with Gasteiger partial charge >= 0.3 is 0 Å². The van der Waals surface area contributed by atoms with Crippen molar-refractivity contribution in [2.24, 2.45) is 5.92 Å². The third kappa shape index (κ3) is 3.88. The summed E-state index contributed by atoms with van der Waals surface area (Å²) in [5.41, 5.74) is 2.22. The fourth-order valence-electron chi connectivity index (χ4n) is 3.24. The van der Waals surface area contributed by atoms with Gasteiger partial charge in [-0.15, -0.1) is 11.6 Å². The average molecular weight is 303 g/mol. The maximum Gasteiger partial charge on any atom is 0.0645 e. The minimum Gasteiger partial charge on any atom is -0.241 e. The van der Waals surface area contributed by atoms with E-state index in [2.05, 4.69) is 23.4 Å². The summed E-state index contributed by atoms with van der Waals surface area (Å²) < 4.78 is 1.91. The minimum absolute atomic E-state index is 0.0874. The van der Waals surface area contributed by atoms with Crippen molar-refractivity contribution in [3.8, 4) is 5.69 Å². The second-order valence-electron chi connectivity index (χ2n) is 6.10. The molecule has 0 saturated heterocycles. The predicted molar refractivity (Wildman–Crippen MR) is 88.0 cm³/mol. The molecular weight excluding hydrogens is 280 g/mol. The molecule has 1 atom stereocenters. The van der Waals surface area contributed by atoms with E-state index >= 15 is 0 Å². The minimum atomic E-state index is 0.0874. The van der Waals surface area contributed by atoms with Gasteiger partial charge in [0.25, 0.3) is 0 Å². The molecule has 112 valence electrons. The smallest absolute Gasteiger partial charge is 0.0645 e. The molecule has 1 saturated carbocycles. The van der Waals surface area contributed by atoms with E-state index in [0.717, 1.165) is 23.6 Å². The lowest BCUT2D eigenvalue weighted by atomic mass is 9.85. The highest BCUT2D eigenvalue weighted by atomic mass is 35.5. The molecule has 0 aliphatic heterocycles. The zero-order valence-electron chi connectivity index (χ0n) is 12.4. The molecule has 0 radical (unpaired) electrons. The van der Waals surface area contributed by atoms with Crippen LogP contribution in [-0.4, -0.2) is 9.78 Å². The Balaban J connectivity index is 1.57. The van der Waals surface area contributed by atoms with E-state index in [0.29, 0.717) is 0 Å². The molecule has 1 aliphatic rings. The van der Waals surface area contributed by atoms with Crippen LogP contribution in [0.3, 0.4) is 0 Å². The molecule has 3 rings (SSSR count). The van der Waals surface area contributed by atoms with Crippen LogP contribution in [0.4, 0.5) is 0 Å². The van der Waals surface area contributed by atoms with Crippen molar-refractivity contribution in [1.82, 2.24) is 9.78 Å². The van der Waals surface area contributed by atoms with Crippen molar-refractivity contribution < 1.29 is 0 Å². The number of hydrogen-bond donors (Lipinski definition) is 0. The standard InChI is InChI=1S/C18H23ClN2/c19-18(12-11-15-7-3-1-4-8-15)16-13-20-21(14-16)17-9-5-2-6-10-17/h2,5-6,9-10,13-15,18H,1,3-4,7-8,11-12H2. The zero-order chi connectivity index (χ0) is 14.5. The van der Waals surface area contributed by atoms with Crippen molar-refractivity contribution in [2.75, 3.05) is 0 Å². The molecule has 0 amide bonds. The summed E-state index contributed by atoms with van der Waals surface area (Å²) in [4.78, 5) is 0. The quantitative estimate of drug-likeness (QED) is 0.666. The van der Waals surface area contributed by atoms with Gasteiger partial charge in [0.05, 0.1) is 17.3 Å². The van der Waals surface area contributed by atoms with E-state index in [-0.39, 0.29) is 5.38 Å². The summed E-state index contributed by atoms with van der Waals surface area (Å²) in [5, 5.41) is 4.52. The van der Waals surface area contributed by atoms with Gasteiger partial charge in [0.2, 0.25) is 0 Å². The fourth-order valence-corrected chi connectivity index (χ4v) is 3.48. The Morgan fingerprint density at radius 1 is 1.14 bits per heavy atom. The molecule has 21 heavy (non-hydrogen) atoms. The first-order valence-corrected chi connectivity index (χ1v) is 8.50. The number of aromatic nitrogens is 2. The normalized spacial score (nSPS) is 17.8. The Bertz CT molecular complexity index is 543. The molecule has 1 unspecified atom stereocenters. The first-order chi connectivity index (χ1) is 10.3. The van der Waals surface area contributed by atoms with Gasteiger partial charge in [0.15, 0.2) is 0 Å². The molecule has 2 aromatic rings. The second-order valence-corrected chi connectivity index (χ2v) is 6.63. The van der Waals surface area contributed by atoms with Crippen molar-refractivity contribution >= 4 is 11.6 Å². The summed E-state index contributed by atoms with van der Waals surface area (Å²) in [6.45, 7) is 0. The molecule has 3 heteroatoms. The molecule has 1 aromatic heterocycles. The van der Waals surface area contributed by atoms with Gasteiger partial charge in [-0.3, -0.25) is 0 Å². The molecule has 1 aromatic carbocycles. The van der Waals surface area contributed by atoms with Crippen LogP contribution in [0.5, 0.6) is 0 Å². The number of rotatable bonds is 5. The summed E-state index contributed by atoms with van der Waals surface area (Å²) in [7, 11) is 0. The van der Waals surface area contributed by atoms with Crippen LogP contribution < -0.4 is 0 Å². The monoisotopic (exact) mass is 302 g/mol. The van der Waals surface area contributed by atoms with Gasteiger partial charge in [0, 0.05) is 11.8 Å². The van der Waals surface area contributed by atoms with E-state index in [1.54, 1.807) is 0 Å². The largest absolute Gasteiger partial charge is 0.241 e. The third-order valence-electron chi connectivity index (χ3n) is 4.54. The maximum absolute atomic E-state index is 6.57. The lowest BCUT2D eigenvalue weighted by Gasteiger charge is -2.22. The number of benzene rings is 1. The van der Waals surface area contributed by atoms with E-state index < -0.39 is 0 Å². The lowest BCUT2D eigenvalue weighted by Crippen LogP contribution is -2.07. The Morgan fingerprint density at radius 2 is 1.90 bits per heavy atom. The van der Waals surface area contributed by atoms with Crippen LogP contribution in [0, 0.1) is 5.92 Å². The van der Waals surface area contributed by atoms with E-state index in [1.807, 2.05) is 29.1 Å². The lowest BCUT2D eigenvalue weighted by molar-refractivity contribution is 0.331. The fraction of sp³-hybridized carbons (Fsp3) is 0.500. The third-order valence-corrected chi connectivity index (χ3v) is 5.01. The van der Waals surface area contributed by atoms with Crippen molar-refractivity contribution in [3.63, 3.8) is 0 Å². The predicted octanol–water partition coefficient (Wildman–Crippen LogP) is 5.51. The SMILES string of the molecule is ClC(CCC1CCCCC1)c1cnn(-c2ccccc2)c1. The van der Waals surface area contributed by atoms with Crippen LogP contribution in [0.1, 0.15) is 55.9 Å². The van der Waals surface area contributed by atoms with Gasteiger partial charge in [-0.2, -0.15) is 5.10 Å². The van der Waals surface area contributed by atoms with Crippen LogP contribution in [-0.2, 0) is 0 Å².